The molecule has 0 saturated heterocycles. The van der Waals surface area contributed by atoms with Crippen LogP contribution in [0.2, 0.25) is 0 Å². The Morgan fingerprint density at radius 3 is 1.35 bits per heavy atom. The van der Waals surface area contributed by atoms with Crippen LogP contribution in [0.1, 0.15) is 47.6 Å². The van der Waals surface area contributed by atoms with Gasteiger partial charge in [0.05, 0.1) is 0 Å². The van der Waals surface area contributed by atoms with Gasteiger partial charge in [-0.15, -0.1) is 23.5 Å². The summed E-state index contributed by atoms with van der Waals surface area (Å²) in [7, 11) is 0. The highest BCUT2D eigenvalue weighted by atomic mass is 32.2. The smallest absolute Gasteiger partial charge is 0.134 e. The van der Waals surface area contributed by atoms with Crippen molar-refractivity contribution in [1.29, 1.82) is 0 Å². The van der Waals surface area contributed by atoms with Crippen LogP contribution in [0.25, 0.3) is 44.2 Å². The second-order valence-corrected chi connectivity index (χ2v) is 14.2. The zero-order chi connectivity index (χ0) is 33.4. The van der Waals surface area contributed by atoms with E-state index >= 15 is 0 Å². The number of benzene rings is 5. The number of hydrogen-bond acceptors (Lipinski definition) is 6. The van der Waals surface area contributed by atoms with Crippen LogP contribution in [0, 0.1) is 13.8 Å². The van der Waals surface area contributed by atoms with Crippen molar-refractivity contribution < 1.29 is 19.0 Å². The molecule has 0 fully saturated rings. The number of fused-ring (bicyclic) bond motifs is 2. The Bertz CT molecular complexity index is 2120. The Morgan fingerprint density at radius 1 is 0.542 bits per heavy atom. The van der Waals surface area contributed by atoms with Crippen LogP contribution in [0.5, 0.6) is 11.5 Å². The highest BCUT2D eigenvalue weighted by Crippen LogP contribution is 2.45. The highest BCUT2D eigenvalue weighted by Gasteiger charge is 2.22. The van der Waals surface area contributed by atoms with Crippen LogP contribution in [0.15, 0.2) is 116 Å². The normalized spacial score (nSPS) is 11.6. The molecular weight excluding hydrogens is 633 g/mol. The molecule has 48 heavy (non-hydrogen) atoms. The lowest BCUT2D eigenvalue weighted by molar-refractivity contribution is 0.471. The largest absolute Gasteiger partial charge is 0.507 e. The van der Waals surface area contributed by atoms with Crippen molar-refractivity contribution in [3.05, 3.63) is 131 Å². The third-order valence-electron chi connectivity index (χ3n) is 8.80. The quantitative estimate of drug-likeness (QED) is 0.141. The number of rotatable bonds is 10. The first-order chi connectivity index (χ1) is 23.4. The molecule has 2 aromatic heterocycles. The molecule has 0 amide bonds. The highest BCUT2D eigenvalue weighted by molar-refractivity contribution is 8.01. The summed E-state index contributed by atoms with van der Waals surface area (Å²) in [6, 6.07) is 32.7. The second kappa shape index (κ2) is 13.5. The summed E-state index contributed by atoms with van der Waals surface area (Å²) in [5.41, 5.74) is 9.22. The van der Waals surface area contributed by atoms with Crippen LogP contribution < -0.4 is 0 Å². The molecule has 0 radical (unpaired) electrons. The zero-order valence-corrected chi connectivity index (χ0v) is 29.2. The van der Waals surface area contributed by atoms with Crippen LogP contribution >= 0.6 is 23.5 Å². The molecule has 0 aliphatic heterocycles. The molecule has 0 unspecified atom stereocenters. The van der Waals surface area contributed by atoms with Crippen molar-refractivity contribution in [2.45, 2.75) is 61.8 Å². The maximum absolute atomic E-state index is 11.6. The van der Waals surface area contributed by atoms with E-state index in [9.17, 15) is 10.2 Å². The van der Waals surface area contributed by atoms with Gasteiger partial charge in [0.25, 0.3) is 0 Å². The van der Waals surface area contributed by atoms with Crippen LogP contribution in [0.4, 0.5) is 0 Å². The molecule has 242 valence electrons. The third kappa shape index (κ3) is 5.99. The number of aryl methyl sites for hydroxylation is 4. The monoisotopic (exact) mass is 670 g/mol. The van der Waals surface area contributed by atoms with Gasteiger partial charge < -0.3 is 19.0 Å². The standard InChI is InChI=1S/C42H38O4S2/c1-5-33-39(29-13-7-9-15-35(29)45-33)31-21-25(3)19-27(41(31)43)23-47-37-17-11-12-18-38(37)48-24-28-20-26(4)22-32(42(28)44)40-30-14-8-10-16-36(30)46-34(40)6-2/h7-22,43-44H,5-6,23-24H2,1-4H3. The number of hydrogen-bond donors (Lipinski definition) is 2. The number of thioether (sulfide) groups is 2. The van der Waals surface area contributed by atoms with Gasteiger partial charge in [0.1, 0.15) is 34.2 Å². The summed E-state index contributed by atoms with van der Waals surface area (Å²) in [5, 5.41) is 25.3. The number of aromatic hydroxyl groups is 2. The minimum absolute atomic E-state index is 0.301. The Morgan fingerprint density at radius 2 is 0.938 bits per heavy atom. The molecule has 2 heterocycles. The SMILES string of the molecule is CCc1oc2ccccc2c1-c1cc(C)cc(CSc2ccccc2SCc2cc(C)cc(-c3c(CC)oc4ccccc34)c2O)c1O. The summed E-state index contributed by atoms with van der Waals surface area (Å²) in [6.45, 7) is 8.32. The average molecular weight is 671 g/mol. The summed E-state index contributed by atoms with van der Waals surface area (Å²) in [4.78, 5) is 2.27. The van der Waals surface area contributed by atoms with E-state index in [0.29, 0.717) is 23.0 Å². The van der Waals surface area contributed by atoms with Gasteiger partial charge in [-0.1, -0.05) is 74.5 Å². The predicted octanol–water partition coefficient (Wildman–Crippen LogP) is 12.3. The Balaban J connectivity index is 1.16. The molecule has 0 aliphatic rings. The lowest BCUT2D eigenvalue weighted by atomic mass is 9.96. The molecule has 4 nitrogen and oxygen atoms in total. The molecule has 7 aromatic rings. The van der Waals surface area contributed by atoms with Gasteiger partial charge in [-0.05, 0) is 61.4 Å². The summed E-state index contributed by atoms with van der Waals surface area (Å²) < 4.78 is 12.4. The number of furan rings is 2. The van der Waals surface area contributed by atoms with E-state index in [1.165, 1.54) is 0 Å². The molecular formula is C42H38O4S2. The van der Waals surface area contributed by atoms with E-state index < -0.39 is 0 Å². The van der Waals surface area contributed by atoms with Gasteiger partial charge >= 0.3 is 0 Å². The van der Waals surface area contributed by atoms with Crippen LogP contribution in [0.3, 0.4) is 0 Å². The van der Waals surface area contributed by atoms with Crippen molar-refractivity contribution in [2.75, 3.05) is 0 Å². The first-order valence-corrected chi connectivity index (χ1v) is 18.3. The first-order valence-electron chi connectivity index (χ1n) is 16.4. The van der Waals surface area contributed by atoms with Crippen LogP contribution in [-0.2, 0) is 24.3 Å². The fraction of sp³-hybridized carbons (Fsp3) is 0.190. The lowest BCUT2D eigenvalue weighted by Crippen LogP contribution is -1.92. The zero-order valence-electron chi connectivity index (χ0n) is 27.6. The van der Waals surface area contributed by atoms with E-state index in [2.05, 4.69) is 88.4 Å². The minimum Gasteiger partial charge on any atom is -0.507 e. The molecule has 0 atom stereocenters. The molecule has 6 heteroatoms. The summed E-state index contributed by atoms with van der Waals surface area (Å²) in [5.74, 6) is 3.59. The predicted molar refractivity (Wildman–Crippen MR) is 200 cm³/mol. The molecule has 0 bridgehead atoms. The Kier molecular flexibility index (Phi) is 9.04. The molecule has 0 spiro atoms. The van der Waals surface area contributed by atoms with Crippen molar-refractivity contribution in [2.24, 2.45) is 0 Å². The van der Waals surface area contributed by atoms with Crippen molar-refractivity contribution in [3.63, 3.8) is 0 Å². The number of para-hydroxylation sites is 2. The van der Waals surface area contributed by atoms with E-state index in [4.69, 9.17) is 8.83 Å². The third-order valence-corrected chi connectivity index (χ3v) is 11.2. The van der Waals surface area contributed by atoms with Gasteiger partial charge in [0, 0.05) is 78.3 Å². The average Bonchev–Trinajstić information content (AvgIpc) is 3.67. The van der Waals surface area contributed by atoms with E-state index in [1.54, 1.807) is 23.5 Å². The molecule has 2 N–H and O–H groups in total. The maximum Gasteiger partial charge on any atom is 0.134 e. The van der Waals surface area contributed by atoms with Crippen molar-refractivity contribution in [1.82, 2.24) is 0 Å². The number of phenols is 2. The Labute approximate surface area is 289 Å². The topological polar surface area (TPSA) is 66.7 Å². The van der Waals surface area contributed by atoms with Gasteiger partial charge in [0.2, 0.25) is 0 Å². The van der Waals surface area contributed by atoms with Gasteiger partial charge in [-0.2, -0.15) is 0 Å². The lowest BCUT2D eigenvalue weighted by Gasteiger charge is -2.15. The molecule has 0 saturated carbocycles. The van der Waals surface area contributed by atoms with E-state index in [0.717, 1.165) is 101 Å². The van der Waals surface area contributed by atoms with Gasteiger partial charge in [-0.25, -0.2) is 0 Å². The molecule has 7 rings (SSSR count). The molecule has 0 aliphatic carbocycles. The maximum atomic E-state index is 11.6. The second-order valence-electron chi connectivity index (χ2n) is 12.2. The van der Waals surface area contributed by atoms with Crippen molar-refractivity contribution in [3.8, 4) is 33.8 Å². The van der Waals surface area contributed by atoms with Gasteiger partial charge in [-0.3, -0.25) is 0 Å². The minimum atomic E-state index is 0.301. The summed E-state index contributed by atoms with van der Waals surface area (Å²) >= 11 is 3.43. The van der Waals surface area contributed by atoms with E-state index in [1.807, 2.05) is 36.4 Å². The van der Waals surface area contributed by atoms with Crippen LogP contribution in [-0.4, -0.2) is 10.2 Å². The van der Waals surface area contributed by atoms with E-state index in [-0.39, 0.29) is 0 Å². The first kappa shape index (κ1) is 32.0. The number of phenolic OH excluding ortho intramolecular Hbond substituents is 2. The van der Waals surface area contributed by atoms with Crippen molar-refractivity contribution >= 4 is 45.5 Å². The van der Waals surface area contributed by atoms with Gasteiger partial charge in [0.15, 0.2) is 0 Å². The fourth-order valence-electron chi connectivity index (χ4n) is 6.59. The Hall–Kier alpha value is -4.52. The summed E-state index contributed by atoms with van der Waals surface area (Å²) in [6.07, 6.45) is 1.48. The molecule has 5 aromatic carbocycles. The fourth-order valence-corrected chi connectivity index (χ4v) is 8.78.